The Hall–Kier alpha value is -2.37. The number of hydrogen-bond donors (Lipinski definition) is 1. The molecule has 1 unspecified atom stereocenters. The molecule has 6 heteroatoms. The molecule has 1 aliphatic carbocycles. The number of imidazole rings is 1. The number of pyridine rings is 1. The zero-order chi connectivity index (χ0) is 17.2. The van der Waals surface area contributed by atoms with Gasteiger partial charge in [0, 0.05) is 31.3 Å². The lowest BCUT2D eigenvalue weighted by Gasteiger charge is -2.35. The Kier molecular flexibility index (Phi) is 3.20. The van der Waals surface area contributed by atoms with Gasteiger partial charge in [-0.1, -0.05) is 0 Å². The van der Waals surface area contributed by atoms with Crippen molar-refractivity contribution >= 4 is 17.4 Å². The summed E-state index contributed by atoms with van der Waals surface area (Å²) < 4.78 is 2.15. The van der Waals surface area contributed by atoms with Gasteiger partial charge >= 0.3 is 0 Å². The number of hydrogen-bond acceptors (Lipinski definition) is 4. The highest BCUT2D eigenvalue weighted by Gasteiger charge is 2.35. The van der Waals surface area contributed by atoms with E-state index in [9.17, 15) is 4.79 Å². The van der Waals surface area contributed by atoms with Gasteiger partial charge in [-0.2, -0.15) is 0 Å². The molecule has 1 fully saturated rings. The fraction of sp³-hybridized carbons (Fsp3) is 0.500. The van der Waals surface area contributed by atoms with Crippen LogP contribution in [0.2, 0.25) is 0 Å². The minimum absolute atomic E-state index is 0.0827. The van der Waals surface area contributed by atoms with E-state index in [1.807, 2.05) is 13.8 Å². The van der Waals surface area contributed by atoms with E-state index >= 15 is 0 Å². The molecule has 1 amide bonds. The van der Waals surface area contributed by atoms with Crippen molar-refractivity contribution in [1.82, 2.24) is 14.5 Å². The number of anilines is 2. The number of rotatable bonds is 2. The predicted octanol–water partition coefficient (Wildman–Crippen LogP) is 2.96. The smallest absolute Gasteiger partial charge is 0.228 e. The molecular formula is C18H23N5O. The van der Waals surface area contributed by atoms with Crippen LogP contribution in [0.15, 0.2) is 6.07 Å². The Morgan fingerprint density at radius 2 is 1.96 bits per heavy atom. The number of fused-ring (bicyclic) bond motifs is 3. The van der Waals surface area contributed by atoms with Crippen molar-refractivity contribution in [2.45, 2.75) is 39.7 Å². The summed E-state index contributed by atoms with van der Waals surface area (Å²) in [7, 11) is 4.11. The van der Waals surface area contributed by atoms with Gasteiger partial charge < -0.3 is 14.8 Å². The first-order valence-corrected chi connectivity index (χ1v) is 8.47. The third kappa shape index (κ3) is 2.12. The van der Waals surface area contributed by atoms with Crippen LogP contribution < -0.4 is 10.2 Å². The van der Waals surface area contributed by atoms with E-state index in [-0.39, 0.29) is 17.9 Å². The first-order valence-electron chi connectivity index (χ1n) is 8.47. The van der Waals surface area contributed by atoms with Crippen LogP contribution in [-0.4, -0.2) is 27.5 Å². The van der Waals surface area contributed by atoms with Gasteiger partial charge in [0.2, 0.25) is 5.91 Å². The molecule has 2 aromatic heterocycles. The Morgan fingerprint density at radius 1 is 1.25 bits per heavy atom. The monoisotopic (exact) mass is 325 g/mol. The molecule has 126 valence electrons. The molecule has 4 rings (SSSR count). The van der Waals surface area contributed by atoms with E-state index in [2.05, 4.69) is 46.9 Å². The zero-order valence-electron chi connectivity index (χ0n) is 14.8. The van der Waals surface area contributed by atoms with Crippen molar-refractivity contribution in [3.63, 3.8) is 0 Å². The number of aryl methyl sites for hydroxylation is 2. The van der Waals surface area contributed by atoms with Gasteiger partial charge in [-0.25, -0.2) is 9.97 Å². The van der Waals surface area contributed by atoms with Crippen LogP contribution >= 0.6 is 0 Å². The van der Waals surface area contributed by atoms with Crippen LogP contribution in [0.1, 0.15) is 43.0 Å². The van der Waals surface area contributed by atoms with Gasteiger partial charge in [0.1, 0.15) is 5.82 Å². The van der Waals surface area contributed by atoms with Crippen LogP contribution in [0.4, 0.5) is 11.5 Å². The van der Waals surface area contributed by atoms with Gasteiger partial charge in [0.15, 0.2) is 5.82 Å². The van der Waals surface area contributed by atoms with Crippen molar-refractivity contribution in [2.24, 2.45) is 13.0 Å². The summed E-state index contributed by atoms with van der Waals surface area (Å²) in [6.07, 6.45) is 1.96. The largest absolute Gasteiger partial charge is 0.363 e. The number of aromatic nitrogens is 3. The first-order chi connectivity index (χ1) is 11.4. The number of nitrogens with one attached hydrogen (secondary N) is 1. The first kappa shape index (κ1) is 15.2. The minimum atomic E-state index is 0.0827. The topological polar surface area (TPSA) is 63.1 Å². The van der Waals surface area contributed by atoms with E-state index in [0.717, 1.165) is 41.3 Å². The van der Waals surface area contributed by atoms with Crippen molar-refractivity contribution in [3.8, 4) is 11.3 Å². The van der Waals surface area contributed by atoms with Gasteiger partial charge in [-0.05, 0) is 39.7 Å². The molecule has 1 aliphatic heterocycles. The zero-order valence-corrected chi connectivity index (χ0v) is 14.8. The van der Waals surface area contributed by atoms with E-state index in [1.165, 1.54) is 5.69 Å². The van der Waals surface area contributed by atoms with Gasteiger partial charge in [0.05, 0.1) is 23.1 Å². The fourth-order valence-corrected chi connectivity index (χ4v) is 3.54. The standard InChI is InChI=1S/C18H23N5O/c1-9-8-13-14-15(23(5)11(3)20-14)10(2)22(4)16(13)17(19-9)21-18(24)12-6-7-12/h8,10,12H,6-7H2,1-5H3,(H,19,21,24). The summed E-state index contributed by atoms with van der Waals surface area (Å²) in [5.74, 6) is 1.89. The summed E-state index contributed by atoms with van der Waals surface area (Å²) in [4.78, 5) is 23.9. The normalized spacial score (nSPS) is 19.0. The lowest BCUT2D eigenvalue weighted by Crippen LogP contribution is -2.30. The summed E-state index contributed by atoms with van der Waals surface area (Å²) in [5.41, 5.74) is 5.10. The molecule has 0 bridgehead atoms. The average molecular weight is 325 g/mol. The fourth-order valence-electron chi connectivity index (χ4n) is 3.54. The van der Waals surface area contributed by atoms with Crippen molar-refractivity contribution in [1.29, 1.82) is 0 Å². The predicted molar refractivity (Wildman–Crippen MR) is 94.1 cm³/mol. The molecule has 24 heavy (non-hydrogen) atoms. The van der Waals surface area contributed by atoms with Crippen LogP contribution in [0.5, 0.6) is 0 Å². The van der Waals surface area contributed by atoms with E-state index < -0.39 is 0 Å². The maximum absolute atomic E-state index is 12.3. The molecule has 2 aromatic rings. The van der Waals surface area contributed by atoms with Crippen LogP contribution in [-0.2, 0) is 11.8 Å². The second kappa shape index (κ2) is 5.06. The number of carbonyl (C=O) groups is 1. The summed E-state index contributed by atoms with van der Waals surface area (Å²) in [6.45, 7) is 6.14. The summed E-state index contributed by atoms with van der Waals surface area (Å²) in [6, 6.07) is 2.23. The average Bonchev–Trinajstić information content (AvgIpc) is 3.32. The lowest BCUT2D eigenvalue weighted by atomic mass is 9.97. The third-order valence-electron chi connectivity index (χ3n) is 5.26. The number of carbonyl (C=O) groups excluding carboxylic acids is 1. The van der Waals surface area contributed by atoms with Crippen LogP contribution in [0.25, 0.3) is 11.3 Å². The molecule has 0 saturated heterocycles. The highest BCUT2D eigenvalue weighted by atomic mass is 16.2. The second-order valence-electron chi connectivity index (χ2n) is 7.01. The number of nitrogens with zero attached hydrogens (tertiary/aromatic N) is 4. The summed E-state index contributed by atoms with van der Waals surface area (Å²) >= 11 is 0. The molecular weight excluding hydrogens is 302 g/mol. The lowest BCUT2D eigenvalue weighted by molar-refractivity contribution is -0.117. The Morgan fingerprint density at radius 3 is 2.62 bits per heavy atom. The molecule has 0 spiro atoms. The van der Waals surface area contributed by atoms with Crippen molar-refractivity contribution in [2.75, 3.05) is 17.3 Å². The molecule has 0 aromatic carbocycles. The molecule has 2 aliphatic rings. The highest BCUT2D eigenvalue weighted by molar-refractivity contribution is 5.99. The molecule has 0 radical (unpaired) electrons. The second-order valence-corrected chi connectivity index (χ2v) is 7.01. The molecule has 3 heterocycles. The molecule has 1 atom stereocenters. The van der Waals surface area contributed by atoms with Gasteiger partial charge in [-0.3, -0.25) is 4.79 Å². The molecule has 1 saturated carbocycles. The Labute approximate surface area is 141 Å². The van der Waals surface area contributed by atoms with E-state index in [4.69, 9.17) is 4.98 Å². The highest BCUT2D eigenvalue weighted by Crippen LogP contribution is 2.47. The molecule has 6 nitrogen and oxygen atoms in total. The van der Waals surface area contributed by atoms with Crippen LogP contribution in [0, 0.1) is 19.8 Å². The van der Waals surface area contributed by atoms with Gasteiger partial charge in [0.25, 0.3) is 0 Å². The molecule has 1 N–H and O–H groups in total. The maximum Gasteiger partial charge on any atom is 0.228 e. The van der Waals surface area contributed by atoms with Crippen molar-refractivity contribution < 1.29 is 4.79 Å². The summed E-state index contributed by atoms with van der Waals surface area (Å²) in [5, 5.41) is 3.05. The third-order valence-corrected chi connectivity index (χ3v) is 5.26. The van der Waals surface area contributed by atoms with E-state index in [0.29, 0.717) is 5.82 Å². The van der Waals surface area contributed by atoms with Crippen LogP contribution in [0.3, 0.4) is 0 Å². The number of amides is 1. The Bertz CT molecular complexity index is 850. The quantitative estimate of drug-likeness (QED) is 0.922. The van der Waals surface area contributed by atoms with Crippen molar-refractivity contribution in [3.05, 3.63) is 23.3 Å². The minimum Gasteiger partial charge on any atom is -0.363 e. The van der Waals surface area contributed by atoms with Gasteiger partial charge in [-0.15, -0.1) is 0 Å². The SMILES string of the molecule is Cc1cc2c(c(NC(=O)C3CC3)n1)N(C)C(C)c1c-2nc(C)n1C. The maximum atomic E-state index is 12.3. The van der Waals surface area contributed by atoms with E-state index in [1.54, 1.807) is 0 Å². The Balaban J connectivity index is 1.90.